The molecule has 0 spiro atoms. The van der Waals surface area contributed by atoms with Crippen molar-refractivity contribution in [1.29, 1.82) is 0 Å². The summed E-state index contributed by atoms with van der Waals surface area (Å²) in [5, 5.41) is 3.38. The lowest BCUT2D eigenvalue weighted by atomic mass is 10.1. The second kappa shape index (κ2) is 6.39. The molecule has 1 unspecified atom stereocenters. The molecule has 1 aromatic heterocycles. The summed E-state index contributed by atoms with van der Waals surface area (Å²) in [7, 11) is 0. The van der Waals surface area contributed by atoms with E-state index in [9.17, 15) is 0 Å². The lowest BCUT2D eigenvalue weighted by Crippen LogP contribution is -2.21. The Balaban J connectivity index is 1.80. The van der Waals surface area contributed by atoms with Crippen molar-refractivity contribution in [2.24, 2.45) is 5.92 Å². The minimum absolute atomic E-state index is 0.502. The molecule has 102 valence electrons. The molecule has 1 atom stereocenters. The predicted molar refractivity (Wildman–Crippen MR) is 74.4 cm³/mol. The highest BCUT2D eigenvalue weighted by atomic mass is 16.3. The topological polar surface area (TPSA) is 28.4 Å². The van der Waals surface area contributed by atoms with Crippen LogP contribution in [0.4, 0.5) is 0 Å². The van der Waals surface area contributed by atoms with Crippen molar-refractivity contribution >= 4 is 0 Å². The number of hydrogen-bond donors (Lipinski definition) is 1. The Hall–Kier alpha value is -0.800. The van der Waals surface area contributed by atoms with Crippen LogP contribution in [-0.2, 0) is 13.1 Å². The van der Waals surface area contributed by atoms with E-state index in [-0.39, 0.29) is 0 Å². The summed E-state index contributed by atoms with van der Waals surface area (Å²) in [5.74, 6) is 3.04. The monoisotopic (exact) mass is 250 g/mol. The third kappa shape index (κ3) is 3.85. The first-order chi connectivity index (χ1) is 8.67. The fraction of sp³-hybridized carbons (Fsp3) is 0.733. The van der Waals surface area contributed by atoms with Crippen molar-refractivity contribution in [1.82, 2.24) is 10.2 Å². The van der Waals surface area contributed by atoms with E-state index in [0.29, 0.717) is 6.04 Å². The van der Waals surface area contributed by atoms with Gasteiger partial charge >= 0.3 is 0 Å². The fourth-order valence-electron chi connectivity index (χ4n) is 2.52. The van der Waals surface area contributed by atoms with Gasteiger partial charge in [0.25, 0.3) is 0 Å². The van der Waals surface area contributed by atoms with Crippen LogP contribution in [-0.4, -0.2) is 24.0 Å². The van der Waals surface area contributed by atoms with E-state index in [0.717, 1.165) is 30.5 Å². The average molecular weight is 250 g/mol. The molecule has 1 aromatic rings. The van der Waals surface area contributed by atoms with Crippen molar-refractivity contribution in [3.63, 3.8) is 0 Å². The number of likely N-dealkylation sites (tertiary alicyclic amines) is 1. The summed E-state index contributed by atoms with van der Waals surface area (Å²) >= 11 is 0. The van der Waals surface area contributed by atoms with Gasteiger partial charge in [-0.1, -0.05) is 27.2 Å². The molecule has 0 bridgehead atoms. The van der Waals surface area contributed by atoms with E-state index in [1.54, 1.807) is 0 Å². The van der Waals surface area contributed by atoms with Crippen LogP contribution < -0.4 is 5.32 Å². The molecule has 1 aliphatic rings. The van der Waals surface area contributed by atoms with E-state index >= 15 is 0 Å². The maximum atomic E-state index is 5.86. The van der Waals surface area contributed by atoms with E-state index in [1.165, 1.54) is 25.9 Å². The van der Waals surface area contributed by atoms with Crippen LogP contribution in [0.2, 0.25) is 0 Å². The summed E-state index contributed by atoms with van der Waals surface area (Å²) in [6.45, 7) is 10.8. The molecule has 0 amide bonds. The van der Waals surface area contributed by atoms with Crippen LogP contribution >= 0.6 is 0 Å². The quantitative estimate of drug-likeness (QED) is 0.841. The number of nitrogens with one attached hydrogen (secondary N) is 1. The molecule has 1 fully saturated rings. The van der Waals surface area contributed by atoms with Crippen LogP contribution in [0.1, 0.15) is 45.1 Å². The summed E-state index contributed by atoms with van der Waals surface area (Å²) in [4.78, 5) is 2.51. The molecule has 0 aliphatic carbocycles. The molecule has 3 heteroatoms. The Morgan fingerprint density at radius 3 is 2.83 bits per heavy atom. The van der Waals surface area contributed by atoms with Gasteiger partial charge in [0, 0.05) is 12.6 Å². The van der Waals surface area contributed by atoms with Gasteiger partial charge in [-0.2, -0.15) is 0 Å². The molecule has 2 heterocycles. The van der Waals surface area contributed by atoms with Crippen molar-refractivity contribution in [2.45, 2.75) is 52.7 Å². The molecular weight excluding hydrogens is 224 g/mol. The second-order valence-electron chi connectivity index (χ2n) is 5.70. The molecular formula is C15H26N2O. The summed E-state index contributed by atoms with van der Waals surface area (Å²) in [5.41, 5.74) is 0. The lowest BCUT2D eigenvalue weighted by Gasteiger charge is -2.13. The summed E-state index contributed by atoms with van der Waals surface area (Å²) < 4.78 is 5.86. The third-order valence-electron chi connectivity index (χ3n) is 3.73. The molecule has 18 heavy (non-hydrogen) atoms. The van der Waals surface area contributed by atoms with Crippen molar-refractivity contribution in [2.75, 3.05) is 13.1 Å². The smallest absolute Gasteiger partial charge is 0.118 e. The zero-order valence-electron chi connectivity index (χ0n) is 11.9. The first kappa shape index (κ1) is 13.6. The number of nitrogens with zero attached hydrogens (tertiary/aromatic N) is 1. The van der Waals surface area contributed by atoms with Gasteiger partial charge in [-0.15, -0.1) is 0 Å². The standard InChI is InChI=1S/C15H26N2O/c1-4-13-7-8-17(10-13)11-15-6-5-14(18-15)9-16-12(2)3/h5-6,12-13,16H,4,7-11H2,1-3H3. The molecule has 1 N–H and O–H groups in total. The third-order valence-corrected chi connectivity index (χ3v) is 3.73. The normalized spacial score (nSPS) is 21.0. The highest BCUT2D eigenvalue weighted by molar-refractivity contribution is 5.07. The fourth-order valence-corrected chi connectivity index (χ4v) is 2.52. The lowest BCUT2D eigenvalue weighted by molar-refractivity contribution is 0.280. The largest absolute Gasteiger partial charge is 0.463 e. The SMILES string of the molecule is CCC1CCN(Cc2ccc(CNC(C)C)o2)C1. The van der Waals surface area contributed by atoms with Crippen LogP contribution in [0, 0.1) is 5.92 Å². The van der Waals surface area contributed by atoms with E-state index in [2.05, 4.69) is 43.1 Å². The van der Waals surface area contributed by atoms with Gasteiger partial charge in [0.05, 0.1) is 13.1 Å². The minimum atomic E-state index is 0.502. The first-order valence-electron chi connectivity index (χ1n) is 7.20. The number of rotatable bonds is 6. The average Bonchev–Trinajstić information content (AvgIpc) is 2.96. The number of furan rings is 1. The minimum Gasteiger partial charge on any atom is -0.463 e. The van der Waals surface area contributed by atoms with Gasteiger partial charge in [0.15, 0.2) is 0 Å². The Bertz CT molecular complexity index is 359. The Morgan fingerprint density at radius 2 is 2.17 bits per heavy atom. The summed E-state index contributed by atoms with van der Waals surface area (Å²) in [6, 6.07) is 4.72. The highest BCUT2D eigenvalue weighted by Crippen LogP contribution is 2.21. The van der Waals surface area contributed by atoms with Crippen molar-refractivity contribution in [3.8, 4) is 0 Å². The van der Waals surface area contributed by atoms with Gasteiger partial charge in [-0.05, 0) is 31.0 Å². The van der Waals surface area contributed by atoms with Gasteiger partial charge in [0.1, 0.15) is 11.5 Å². The van der Waals surface area contributed by atoms with Gasteiger partial charge in [0.2, 0.25) is 0 Å². The Labute approximate surface area is 111 Å². The van der Waals surface area contributed by atoms with Crippen molar-refractivity contribution < 1.29 is 4.42 Å². The van der Waals surface area contributed by atoms with Gasteiger partial charge in [-0.3, -0.25) is 4.90 Å². The summed E-state index contributed by atoms with van der Waals surface area (Å²) in [6.07, 6.45) is 2.65. The van der Waals surface area contributed by atoms with Crippen LogP contribution in [0.25, 0.3) is 0 Å². The predicted octanol–water partition coefficient (Wildman–Crippen LogP) is 3.01. The molecule has 2 rings (SSSR count). The van der Waals surface area contributed by atoms with Crippen LogP contribution in [0.15, 0.2) is 16.5 Å². The molecule has 3 nitrogen and oxygen atoms in total. The molecule has 0 radical (unpaired) electrons. The molecule has 0 aromatic carbocycles. The Morgan fingerprint density at radius 1 is 1.39 bits per heavy atom. The maximum Gasteiger partial charge on any atom is 0.118 e. The van der Waals surface area contributed by atoms with Gasteiger partial charge in [-0.25, -0.2) is 0 Å². The van der Waals surface area contributed by atoms with Crippen molar-refractivity contribution in [3.05, 3.63) is 23.7 Å². The van der Waals surface area contributed by atoms with E-state index < -0.39 is 0 Å². The molecule has 1 aliphatic heterocycles. The Kier molecular flexibility index (Phi) is 4.84. The van der Waals surface area contributed by atoms with E-state index in [1.807, 2.05) is 0 Å². The first-order valence-corrected chi connectivity index (χ1v) is 7.20. The molecule has 0 saturated carbocycles. The second-order valence-corrected chi connectivity index (χ2v) is 5.70. The molecule has 1 saturated heterocycles. The zero-order chi connectivity index (χ0) is 13.0. The van der Waals surface area contributed by atoms with Gasteiger partial charge < -0.3 is 9.73 Å². The van der Waals surface area contributed by atoms with E-state index in [4.69, 9.17) is 4.42 Å². The van der Waals surface area contributed by atoms with Crippen LogP contribution in [0.3, 0.4) is 0 Å². The highest BCUT2D eigenvalue weighted by Gasteiger charge is 2.21. The number of hydrogen-bond acceptors (Lipinski definition) is 3. The van der Waals surface area contributed by atoms with Crippen LogP contribution in [0.5, 0.6) is 0 Å². The zero-order valence-corrected chi connectivity index (χ0v) is 11.9. The maximum absolute atomic E-state index is 5.86.